The van der Waals surface area contributed by atoms with Gasteiger partial charge in [-0.15, -0.1) is 0 Å². The minimum absolute atomic E-state index is 0.322. The molecule has 0 saturated heterocycles. The number of hydrogen-bond donors (Lipinski definition) is 1. The number of ether oxygens (including phenoxy) is 1. The van der Waals surface area contributed by atoms with Crippen molar-refractivity contribution in [1.82, 2.24) is 4.98 Å². The molecule has 1 aromatic heterocycles. The molecule has 1 aromatic carbocycles. The lowest BCUT2D eigenvalue weighted by molar-refractivity contribution is 0.0600. The summed E-state index contributed by atoms with van der Waals surface area (Å²) in [5.41, 5.74) is 2.77. The highest BCUT2D eigenvalue weighted by Gasteiger charge is 2.07. The molecule has 0 spiro atoms. The number of anilines is 1. The average Bonchev–Trinajstić information content (AvgIpc) is 2.49. The smallest absolute Gasteiger partial charge is 0.339 e. The van der Waals surface area contributed by atoms with Crippen LogP contribution in [0.15, 0.2) is 34.9 Å². The molecule has 1 N–H and O–H groups in total. The summed E-state index contributed by atoms with van der Waals surface area (Å²) in [7, 11) is 1.32. The van der Waals surface area contributed by atoms with Crippen molar-refractivity contribution in [1.29, 1.82) is 0 Å². The number of methoxy groups -OCH3 is 1. The number of nitrogens with one attached hydrogen (secondary N) is 1. The van der Waals surface area contributed by atoms with E-state index < -0.39 is 5.97 Å². The van der Waals surface area contributed by atoms with Gasteiger partial charge >= 0.3 is 5.97 Å². The third-order valence-corrected chi connectivity index (χ3v) is 3.58. The van der Waals surface area contributed by atoms with Crippen LogP contribution >= 0.6 is 15.9 Å². The molecular formula is C15H14BrFN2O2. The number of rotatable bonds is 4. The van der Waals surface area contributed by atoms with Gasteiger partial charge in [0.1, 0.15) is 5.82 Å². The number of hydrogen-bond acceptors (Lipinski definition) is 4. The normalized spacial score (nSPS) is 10.3. The molecule has 0 fully saturated rings. The Labute approximate surface area is 130 Å². The molecule has 0 unspecified atom stereocenters. The van der Waals surface area contributed by atoms with Crippen molar-refractivity contribution in [2.24, 2.45) is 0 Å². The lowest BCUT2D eigenvalue weighted by Crippen LogP contribution is -2.06. The molecule has 110 valence electrons. The van der Waals surface area contributed by atoms with Gasteiger partial charge < -0.3 is 10.1 Å². The second kappa shape index (κ2) is 6.67. The van der Waals surface area contributed by atoms with Crippen LogP contribution in [0.1, 0.15) is 21.6 Å². The molecule has 0 aliphatic carbocycles. The fraction of sp³-hybridized carbons (Fsp3) is 0.200. The van der Waals surface area contributed by atoms with Gasteiger partial charge in [-0.3, -0.25) is 4.98 Å². The SMILES string of the molecule is COC(=O)c1ccc(CNc2cc(F)c(Br)cc2C)nc1. The van der Waals surface area contributed by atoms with Gasteiger partial charge in [-0.05, 0) is 52.7 Å². The first-order valence-corrected chi connectivity index (χ1v) is 7.03. The molecule has 0 amide bonds. The predicted molar refractivity (Wildman–Crippen MR) is 81.7 cm³/mol. The van der Waals surface area contributed by atoms with Crippen LogP contribution in [0.3, 0.4) is 0 Å². The maximum atomic E-state index is 13.5. The Hall–Kier alpha value is -1.95. The van der Waals surface area contributed by atoms with E-state index in [0.29, 0.717) is 22.3 Å². The molecule has 2 rings (SSSR count). The van der Waals surface area contributed by atoms with Crippen molar-refractivity contribution in [2.45, 2.75) is 13.5 Å². The first-order chi connectivity index (χ1) is 10.0. The number of carbonyl (C=O) groups excluding carboxylic acids is 1. The molecular weight excluding hydrogens is 339 g/mol. The second-order valence-electron chi connectivity index (χ2n) is 4.46. The van der Waals surface area contributed by atoms with Crippen molar-refractivity contribution in [2.75, 3.05) is 12.4 Å². The number of aromatic nitrogens is 1. The van der Waals surface area contributed by atoms with Crippen LogP contribution in [0.2, 0.25) is 0 Å². The van der Waals surface area contributed by atoms with Crippen molar-refractivity contribution in [3.8, 4) is 0 Å². The number of carbonyl (C=O) groups is 1. The van der Waals surface area contributed by atoms with Crippen molar-refractivity contribution in [3.05, 3.63) is 57.6 Å². The Morgan fingerprint density at radius 2 is 2.19 bits per heavy atom. The molecule has 0 bridgehead atoms. The number of benzene rings is 1. The predicted octanol–water partition coefficient (Wildman–Crippen LogP) is 3.69. The van der Waals surface area contributed by atoms with Gasteiger partial charge in [-0.25, -0.2) is 9.18 Å². The van der Waals surface area contributed by atoms with Gasteiger partial charge in [0, 0.05) is 11.9 Å². The summed E-state index contributed by atoms with van der Waals surface area (Å²) in [6.45, 7) is 2.32. The zero-order valence-corrected chi connectivity index (χ0v) is 13.2. The van der Waals surface area contributed by atoms with E-state index in [-0.39, 0.29) is 5.82 Å². The van der Waals surface area contributed by atoms with E-state index in [1.807, 2.05) is 6.92 Å². The van der Waals surface area contributed by atoms with Gasteiger partial charge in [-0.2, -0.15) is 0 Å². The van der Waals surface area contributed by atoms with Crippen LogP contribution in [0.25, 0.3) is 0 Å². The van der Waals surface area contributed by atoms with Crippen LogP contribution in [0.4, 0.5) is 10.1 Å². The van der Waals surface area contributed by atoms with E-state index in [1.54, 1.807) is 18.2 Å². The number of halogens is 2. The summed E-state index contributed by atoms with van der Waals surface area (Å²) in [4.78, 5) is 15.5. The fourth-order valence-electron chi connectivity index (χ4n) is 1.79. The van der Waals surface area contributed by atoms with Crippen LogP contribution in [0.5, 0.6) is 0 Å². The first-order valence-electron chi connectivity index (χ1n) is 6.24. The molecule has 0 aliphatic heterocycles. The van der Waals surface area contributed by atoms with Gasteiger partial charge in [0.25, 0.3) is 0 Å². The molecule has 0 saturated carbocycles. The Bertz CT molecular complexity index is 659. The lowest BCUT2D eigenvalue weighted by atomic mass is 10.2. The Morgan fingerprint density at radius 1 is 1.43 bits per heavy atom. The van der Waals surface area contributed by atoms with Crippen LogP contribution in [-0.2, 0) is 11.3 Å². The van der Waals surface area contributed by atoms with E-state index in [0.717, 1.165) is 11.3 Å². The van der Waals surface area contributed by atoms with E-state index in [4.69, 9.17) is 0 Å². The first kappa shape index (κ1) is 15.4. The van der Waals surface area contributed by atoms with Crippen LogP contribution < -0.4 is 5.32 Å². The number of pyridine rings is 1. The highest BCUT2D eigenvalue weighted by molar-refractivity contribution is 9.10. The maximum Gasteiger partial charge on any atom is 0.339 e. The number of nitrogens with zero attached hydrogens (tertiary/aromatic N) is 1. The van der Waals surface area contributed by atoms with Crippen molar-refractivity contribution < 1.29 is 13.9 Å². The summed E-state index contributed by atoms with van der Waals surface area (Å²) >= 11 is 3.15. The summed E-state index contributed by atoms with van der Waals surface area (Å²) in [6.07, 6.45) is 1.46. The third-order valence-electron chi connectivity index (χ3n) is 2.97. The molecule has 0 aliphatic rings. The van der Waals surface area contributed by atoms with Gasteiger partial charge in [0.2, 0.25) is 0 Å². The molecule has 0 radical (unpaired) electrons. The van der Waals surface area contributed by atoms with E-state index in [2.05, 4.69) is 31.0 Å². The summed E-state index contributed by atoms with van der Waals surface area (Å²) < 4.78 is 18.6. The van der Waals surface area contributed by atoms with Crippen molar-refractivity contribution >= 4 is 27.6 Å². The van der Waals surface area contributed by atoms with Crippen LogP contribution in [0, 0.1) is 12.7 Å². The zero-order chi connectivity index (χ0) is 15.4. The number of esters is 1. The quantitative estimate of drug-likeness (QED) is 0.852. The highest BCUT2D eigenvalue weighted by atomic mass is 79.9. The van der Waals surface area contributed by atoms with Crippen molar-refractivity contribution in [3.63, 3.8) is 0 Å². The monoisotopic (exact) mass is 352 g/mol. The molecule has 1 heterocycles. The third kappa shape index (κ3) is 3.78. The largest absolute Gasteiger partial charge is 0.465 e. The minimum atomic E-state index is -0.423. The van der Waals surface area contributed by atoms with Gasteiger partial charge in [0.15, 0.2) is 0 Å². The maximum absolute atomic E-state index is 13.5. The van der Waals surface area contributed by atoms with E-state index in [1.165, 1.54) is 19.4 Å². The lowest BCUT2D eigenvalue weighted by Gasteiger charge is -2.10. The summed E-state index contributed by atoms with van der Waals surface area (Å²) in [6, 6.07) is 6.52. The topological polar surface area (TPSA) is 51.2 Å². The molecule has 2 aromatic rings. The van der Waals surface area contributed by atoms with Crippen LogP contribution in [-0.4, -0.2) is 18.1 Å². The fourth-order valence-corrected chi connectivity index (χ4v) is 2.25. The second-order valence-corrected chi connectivity index (χ2v) is 5.32. The Balaban J connectivity index is 2.06. The van der Waals surface area contributed by atoms with E-state index >= 15 is 0 Å². The standard InChI is InChI=1S/C15H14BrFN2O2/c1-9-5-12(16)13(17)6-14(9)19-8-11-4-3-10(7-18-11)15(20)21-2/h3-7,19H,8H2,1-2H3. The molecule has 0 atom stereocenters. The molecule has 6 heteroatoms. The Kier molecular flexibility index (Phi) is 4.90. The highest BCUT2D eigenvalue weighted by Crippen LogP contribution is 2.24. The van der Waals surface area contributed by atoms with Gasteiger partial charge in [-0.1, -0.05) is 0 Å². The molecule has 4 nitrogen and oxygen atoms in total. The molecule has 21 heavy (non-hydrogen) atoms. The Morgan fingerprint density at radius 3 is 2.81 bits per heavy atom. The summed E-state index contributed by atoms with van der Waals surface area (Å²) in [5.74, 6) is -0.745. The van der Waals surface area contributed by atoms with Gasteiger partial charge in [0.05, 0.1) is 29.4 Å². The zero-order valence-electron chi connectivity index (χ0n) is 11.6. The minimum Gasteiger partial charge on any atom is -0.465 e. The number of aryl methyl sites for hydroxylation is 1. The summed E-state index contributed by atoms with van der Waals surface area (Å²) in [5, 5.41) is 3.12. The average molecular weight is 353 g/mol. The van der Waals surface area contributed by atoms with E-state index in [9.17, 15) is 9.18 Å².